The number of nitrogens with zero attached hydrogens (tertiary/aromatic N) is 2. The smallest absolute Gasteiger partial charge is 0.320 e. The molecule has 1 aromatic heterocycles. The molecular weight excluding hydrogens is 242 g/mol. The molecule has 1 atom stereocenters. The molecule has 19 heavy (non-hydrogen) atoms. The van der Waals surface area contributed by atoms with Crippen LogP contribution in [0, 0.1) is 0 Å². The number of aromatic nitrogens is 2. The number of carbonyl (C=O) groups is 1. The Bertz CT molecular complexity index is 558. The number of hydrogen-bond donors (Lipinski definition) is 2. The number of aliphatic carboxylic acids is 1. The Morgan fingerprint density at radius 2 is 2.00 bits per heavy atom. The quantitative estimate of drug-likeness (QED) is 0.847. The molecular formula is C14H15N3O2. The van der Waals surface area contributed by atoms with Gasteiger partial charge >= 0.3 is 5.97 Å². The molecule has 0 amide bonds. The minimum atomic E-state index is -0.989. The van der Waals surface area contributed by atoms with Crippen LogP contribution in [0.15, 0.2) is 42.6 Å². The highest BCUT2D eigenvalue weighted by Gasteiger charge is 2.11. The average Bonchev–Trinajstić information content (AvgIpc) is 2.46. The van der Waals surface area contributed by atoms with Gasteiger partial charge in [-0.2, -0.15) is 0 Å². The van der Waals surface area contributed by atoms with Crippen molar-refractivity contribution in [2.24, 2.45) is 5.73 Å². The van der Waals surface area contributed by atoms with Crippen LogP contribution in [0.3, 0.4) is 0 Å². The fourth-order valence-electron chi connectivity index (χ4n) is 1.69. The van der Waals surface area contributed by atoms with Crippen molar-refractivity contribution in [3.63, 3.8) is 0 Å². The zero-order valence-corrected chi connectivity index (χ0v) is 10.4. The Hall–Kier alpha value is -2.27. The summed E-state index contributed by atoms with van der Waals surface area (Å²) in [5, 5.41) is 8.73. The molecule has 5 nitrogen and oxygen atoms in total. The van der Waals surface area contributed by atoms with Gasteiger partial charge in [-0.1, -0.05) is 30.3 Å². The summed E-state index contributed by atoms with van der Waals surface area (Å²) in [5.74, 6) is -0.348. The van der Waals surface area contributed by atoms with Crippen LogP contribution < -0.4 is 5.73 Å². The van der Waals surface area contributed by atoms with Gasteiger partial charge in [0.25, 0.3) is 0 Å². The Labute approximate surface area is 111 Å². The van der Waals surface area contributed by atoms with Crippen molar-refractivity contribution in [1.29, 1.82) is 0 Å². The molecule has 0 fully saturated rings. The van der Waals surface area contributed by atoms with Crippen LogP contribution in [0.5, 0.6) is 0 Å². The van der Waals surface area contributed by atoms with Gasteiger partial charge in [0.2, 0.25) is 0 Å². The Balaban J connectivity index is 2.10. The van der Waals surface area contributed by atoms with Crippen molar-refractivity contribution in [2.75, 3.05) is 0 Å². The summed E-state index contributed by atoms with van der Waals surface area (Å²) in [4.78, 5) is 19.3. The molecule has 0 saturated heterocycles. The number of rotatable bonds is 5. The van der Waals surface area contributed by atoms with Crippen LogP contribution >= 0.6 is 0 Å². The molecule has 3 N–H and O–H groups in total. The van der Waals surface area contributed by atoms with E-state index in [4.69, 9.17) is 10.8 Å². The predicted molar refractivity (Wildman–Crippen MR) is 71.4 cm³/mol. The summed E-state index contributed by atoms with van der Waals surface area (Å²) < 4.78 is 0. The van der Waals surface area contributed by atoms with Gasteiger partial charge in [0.1, 0.15) is 6.04 Å². The predicted octanol–water partition coefficient (Wildman–Crippen LogP) is 1.49. The van der Waals surface area contributed by atoms with Gasteiger partial charge in [0, 0.05) is 17.5 Å². The van der Waals surface area contributed by atoms with Crippen molar-refractivity contribution in [1.82, 2.24) is 9.97 Å². The van der Waals surface area contributed by atoms with Crippen molar-refractivity contribution in [3.05, 3.63) is 48.3 Å². The lowest BCUT2D eigenvalue weighted by atomic mass is 10.1. The second-order valence-electron chi connectivity index (χ2n) is 4.22. The van der Waals surface area contributed by atoms with Crippen LogP contribution in [0.1, 0.15) is 12.1 Å². The molecule has 0 spiro atoms. The number of aryl methyl sites for hydroxylation is 1. The van der Waals surface area contributed by atoms with Crippen LogP contribution in [0.2, 0.25) is 0 Å². The van der Waals surface area contributed by atoms with Crippen LogP contribution in [0.25, 0.3) is 11.4 Å². The molecule has 5 heteroatoms. The maximum absolute atomic E-state index is 10.7. The summed E-state index contributed by atoms with van der Waals surface area (Å²) in [7, 11) is 0. The Kier molecular flexibility index (Phi) is 4.20. The SMILES string of the molecule is N[C@@H](CCc1ccnc(-c2ccccc2)n1)C(=O)O. The van der Waals surface area contributed by atoms with E-state index in [1.165, 1.54) is 0 Å². The van der Waals surface area contributed by atoms with Gasteiger partial charge in [-0.15, -0.1) is 0 Å². The summed E-state index contributed by atoms with van der Waals surface area (Å²) in [5.41, 5.74) is 7.20. The molecule has 1 aromatic carbocycles. The van der Waals surface area contributed by atoms with E-state index in [0.29, 0.717) is 18.7 Å². The van der Waals surface area contributed by atoms with Crippen molar-refractivity contribution >= 4 is 5.97 Å². The third kappa shape index (κ3) is 3.59. The number of hydrogen-bond acceptors (Lipinski definition) is 4. The molecule has 98 valence electrons. The average molecular weight is 257 g/mol. The van der Waals surface area contributed by atoms with Crippen LogP contribution in [-0.4, -0.2) is 27.1 Å². The summed E-state index contributed by atoms with van der Waals surface area (Å²) in [6, 6.07) is 10.6. The standard InChI is InChI=1S/C14H15N3O2/c15-12(14(18)19)7-6-11-8-9-16-13(17-11)10-4-2-1-3-5-10/h1-5,8-9,12H,6-7,15H2,(H,18,19)/t12-/m0/s1. The molecule has 0 aliphatic carbocycles. The van der Waals surface area contributed by atoms with Crippen molar-refractivity contribution in [2.45, 2.75) is 18.9 Å². The van der Waals surface area contributed by atoms with Gasteiger partial charge in [0.15, 0.2) is 5.82 Å². The molecule has 0 unspecified atom stereocenters. The van der Waals surface area contributed by atoms with E-state index in [0.717, 1.165) is 11.3 Å². The van der Waals surface area contributed by atoms with Gasteiger partial charge in [-0.3, -0.25) is 4.79 Å². The highest BCUT2D eigenvalue weighted by atomic mass is 16.4. The second kappa shape index (κ2) is 6.06. The number of carboxylic acid groups (broad SMARTS) is 1. The Morgan fingerprint density at radius 1 is 1.26 bits per heavy atom. The van der Waals surface area contributed by atoms with E-state index >= 15 is 0 Å². The molecule has 1 heterocycles. The summed E-state index contributed by atoms with van der Waals surface area (Å²) in [6.07, 6.45) is 2.56. The number of nitrogens with two attached hydrogens (primary N) is 1. The molecule has 2 aromatic rings. The van der Waals surface area contributed by atoms with Crippen LogP contribution in [-0.2, 0) is 11.2 Å². The largest absolute Gasteiger partial charge is 0.480 e. The lowest BCUT2D eigenvalue weighted by Gasteiger charge is -2.06. The first-order valence-electron chi connectivity index (χ1n) is 6.02. The third-order valence-corrected chi connectivity index (χ3v) is 2.77. The lowest BCUT2D eigenvalue weighted by molar-refractivity contribution is -0.138. The van der Waals surface area contributed by atoms with E-state index in [9.17, 15) is 4.79 Å². The van der Waals surface area contributed by atoms with Gasteiger partial charge in [0.05, 0.1) is 0 Å². The number of benzene rings is 1. The first kappa shape index (κ1) is 13.2. The van der Waals surface area contributed by atoms with Crippen molar-refractivity contribution < 1.29 is 9.90 Å². The third-order valence-electron chi connectivity index (χ3n) is 2.77. The topological polar surface area (TPSA) is 89.1 Å². The minimum Gasteiger partial charge on any atom is -0.480 e. The maximum atomic E-state index is 10.7. The molecule has 0 aliphatic rings. The first-order chi connectivity index (χ1) is 9.16. The fraction of sp³-hybridized carbons (Fsp3) is 0.214. The van der Waals surface area contributed by atoms with E-state index < -0.39 is 12.0 Å². The maximum Gasteiger partial charge on any atom is 0.320 e. The van der Waals surface area contributed by atoms with Gasteiger partial charge < -0.3 is 10.8 Å². The molecule has 0 radical (unpaired) electrons. The summed E-state index contributed by atoms with van der Waals surface area (Å²) >= 11 is 0. The first-order valence-corrected chi connectivity index (χ1v) is 6.02. The monoisotopic (exact) mass is 257 g/mol. The highest BCUT2D eigenvalue weighted by Crippen LogP contribution is 2.14. The molecule has 0 saturated carbocycles. The highest BCUT2D eigenvalue weighted by molar-refractivity contribution is 5.73. The van der Waals surface area contributed by atoms with Gasteiger partial charge in [-0.25, -0.2) is 9.97 Å². The van der Waals surface area contributed by atoms with Crippen molar-refractivity contribution in [3.8, 4) is 11.4 Å². The second-order valence-corrected chi connectivity index (χ2v) is 4.22. The molecule has 0 bridgehead atoms. The van der Waals surface area contributed by atoms with E-state index in [2.05, 4.69) is 9.97 Å². The zero-order chi connectivity index (χ0) is 13.7. The van der Waals surface area contributed by atoms with E-state index in [1.54, 1.807) is 12.3 Å². The minimum absolute atomic E-state index is 0.362. The van der Waals surface area contributed by atoms with E-state index in [-0.39, 0.29) is 0 Å². The van der Waals surface area contributed by atoms with E-state index in [1.807, 2.05) is 30.3 Å². The summed E-state index contributed by atoms with van der Waals surface area (Å²) in [6.45, 7) is 0. The van der Waals surface area contributed by atoms with Crippen LogP contribution in [0.4, 0.5) is 0 Å². The van der Waals surface area contributed by atoms with Gasteiger partial charge in [-0.05, 0) is 18.9 Å². The molecule has 2 rings (SSSR count). The zero-order valence-electron chi connectivity index (χ0n) is 10.4. The Morgan fingerprint density at radius 3 is 2.68 bits per heavy atom. The molecule has 0 aliphatic heterocycles. The number of carboxylic acids is 1. The lowest BCUT2D eigenvalue weighted by Crippen LogP contribution is -2.30. The normalized spacial score (nSPS) is 12.1. The fourth-order valence-corrected chi connectivity index (χ4v) is 1.69.